The van der Waals surface area contributed by atoms with Gasteiger partial charge in [0.05, 0.1) is 19.3 Å². The molecular formula is C15H22N2O2. The Morgan fingerprint density at radius 3 is 2.53 bits per heavy atom. The van der Waals surface area contributed by atoms with Crippen molar-refractivity contribution in [2.45, 2.75) is 26.8 Å². The largest absolute Gasteiger partial charge is 0.380 e. The van der Waals surface area contributed by atoms with Gasteiger partial charge in [0.2, 0.25) is 5.91 Å². The van der Waals surface area contributed by atoms with Crippen molar-refractivity contribution in [1.29, 1.82) is 0 Å². The molecule has 0 radical (unpaired) electrons. The zero-order valence-electron chi connectivity index (χ0n) is 11.8. The number of nitrogens with one attached hydrogen (secondary N) is 2. The van der Waals surface area contributed by atoms with Crippen molar-refractivity contribution < 1.29 is 9.53 Å². The molecule has 4 heteroatoms. The number of hydrogen-bond donors (Lipinski definition) is 2. The minimum Gasteiger partial charge on any atom is -0.380 e. The zero-order chi connectivity index (χ0) is 13.9. The molecule has 1 aliphatic heterocycles. The summed E-state index contributed by atoms with van der Waals surface area (Å²) in [6.45, 7) is 8.41. The van der Waals surface area contributed by atoms with Gasteiger partial charge in [-0.25, -0.2) is 0 Å². The van der Waals surface area contributed by atoms with Gasteiger partial charge in [-0.2, -0.15) is 0 Å². The third-order valence-corrected chi connectivity index (χ3v) is 3.45. The van der Waals surface area contributed by atoms with Gasteiger partial charge in [-0.05, 0) is 26.0 Å². The van der Waals surface area contributed by atoms with E-state index in [-0.39, 0.29) is 17.4 Å². The highest BCUT2D eigenvalue weighted by atomic mass is 16.5. The highest BCUT2D eigenvalue weighted by Gasteiger charge is 2.33. The Bertz CT molecular complexity index is 438. The standard InChI is InChI=1S/C15H22N2O2/c1-11-4-6-13(7-5-11)17-14(18)12(2)16-8-15(3)9-19-10-15/h4-7,12,16H,8-10H2,1-3H3,(H,17,18). The summed E-state index contributed by atoms with van der Waals surface area (Å²) < 4.78 is 5.20. The summed E-state index contributed by atoms with van der Waals surface area (Å²) in [5, 5.41) is 6.17. The fraction of sp³-hybridized carbons (Fsp3) is 0.533. The Kier molecular flexibility index (Phi) is 4.22. The van der Waals surface area contributed by atoms with Gasteiger partial charge < -0.3 is 15.4 Å². The van der Waals surface area contributed by atoms with Gasteiger partial charge in [0.25, 0.3) is 0 Å². The third-order valence-electron chi connectivity index (χ3n) is 3.45. The average molecular weight is 262 g/mol. The molecule has 1 aromatic carbocycles. The van der Waals surface area contributed by atoms with E-state index in [9.17, 15) is 4.79 Å². The van der Waals surface area contributed by atoms with Gasteiger partial charge >= 0.3 is 0 Å². The number of anilines is 1. The first-order valence-electron chi connectivity index (χ1n) is 6.67. The maximum absolute atomic E-state index is 12.0. The molecule has 1 aliphatic rings. The van der Waals surface area contributed by atoms with Gasteiger partial charge in [-0.3, -0.25) is 4.79 Å². The molecule has 1 aromatic rings. The lowest BCUT2D eigenvalue weighted by Crippen LogP contribution is -2.51. The molecule has 0 aromatic heterocycles. The molecule has 1 heterocycles. The van der Waals surface area contributed by atoms with Crippen molar-refractivity contribution in [2.24, 2.45) is 5.41 Å². The molecule has 0 saturated carbocycles. The molecule has 104 valence electrons. The van der Waals surface area contributed by atoms with Crippen molar-refractivity contribution in [1.82, 2.24) is 5.32 Å². The van der Waals surface area contributed by atoms with Crippen LogP contribution in [0.4, 0.5) is 5.69 Å². The Labute approximate surface area is 114 Å². The molecule has 0 bridgehead atoms. The third kappa shape index (κ3) is 3.78. The van der Waals surface area contributed by atoms with Crippen LogP contribution >= 0.6 is 0 Å². The predicted octanol–water partition coefficient (Wildman–Crippen LogP) is 1.95. The quantitative estimate of drug-likeness (QED) is 0.852. The van der Waals surface area contributed by atoms with Crippen molar-refractivity contribution in [2.75, 3.05) is 25.1 Å². The maximum Gasteiger partial charge on any atom is 0.241 e. The summed E-state index contributed by atoms with van der Waals surface area (Å²) in [6, 6.07) is 7.60. The second kappa shape index (κ2) is 5.72. The first-order chi connectivity index (χ1) is 8.98. The lowest BCUT2D eigenvalue weighted by Gasteiger charge is -2.38. The maximum atomic E-state index is 12.0. The van der Waals surface area contributed by atoms with Gasteiger partial charge in [0.15, 0.2) is 0 Å². The molecule has 1 amide bonds. The monoisotopic (exact) mass is 262 g/mol. The molecule has 1 fully saturated rings. The van der Waals surface area contributed by atoms with Crippen LogP contribution in [0.1, 0.15) is 19.4 Å². The van der Waals surface area contributed by atoms with Gasteiger partial charge in [-0.1, -0.05) is 24.6 Å². The lowest BCUT2D eigenvalue weighted by molar-refractivity contribution is -0.119. The molecular weight excluding hydrogens is 240 g/mol. The first kappa shape index (κ1) is 14.0. The molecule has 1 atom stereocenters. The van der Waals surface area contributed by atoms with E-state index >= 15 is 0 Å². The highest BCUT2D eigenvalue weighted by molar-refractivity contribution is 5.94. The van der Waals surface area contributed by atoms with Crippen LogP contribution in [-0.4, -0.2) is 31.7 Å². The normalized spacial score (nSPS) is 18.5. The lowest BCUT2D eigenvalue weighted by atomic mass is 9.88. The van der Waals surface area contributed by atoms with Gasteiger partial charge in [0.1, 0.15) is 0 Å². The van der Waals surface area contributed by atoms with E-state index in [1.807, 2.05) is 38.1 Å². The summed E-state index contributed by atoms with van der Waals surface area (Å²) in [7, 11) is 0. The second-order valence-corrected chi connectivity index (χ2v) is 5.76. The van der Waals surface area contributed by atoms with Crippen molar-refractivity contribution >= 4 is 11.6 Å². The minimum absolute atomic E-state index is 0.00676. The number of carbonyl (C=O) groups excluding carboxylic acids is 1. The molecule has 2 N–H and O–H groups in total. The molecule has 0 spiro atoms. The molecule has 1 saturated heterocycles. The molecule has 4 nitrogen and oxygen atoms in total. The van der Waals surface area contributed by atoms with Gasteiger partial charge in [0, 0.05) is 17.6 Å². The topological polar surface area (TPSA) is 50.4 Å². The molecule has 1 unspecified atom stereocenters. The number of benzene rings is 1. The highest BCUT2D eigenvalue weighted by Crippen LogP contribution is 2.25. The number of ether oxygens (including phenoxy) is 1. The zero-order valence-corrected chi connectivity index (χ0v) is 11.8. The van der Waals surface area contributed by atoms with E-state index in [2.05, 4.69) is 17.6 Å². The van der Waals surface area contributed by atoms with E-state index in [0.29, 0.717) is 0 Å². The van der Waals surface area contributed by atoms with Crippen molar-refractivity contribution in [3.05, 3.63) is 29.8 Å². The molecule has 0 aliphatic carbocycles. The van der Waals surface area contributed by atoms with Crippen LogP contribution in [-0.2, 0) is 9.53 Å². The number of aryl methyl sites for hydroxylation is 1. The summed E-state index contributed by atoms with van der Waals surface area (Å²) >= 11 is 0. The summed E-state index contributed by atoms with van der Waals surface area (Å²) in [5.74, 6) is -0.00676. The van der Waals surface area contributed by atoms with Crippen LogP contribution in [0.25, 0.3) is 0 Å². The van der Waals surface area contributed by atoms with Crippen molar-refractivity contribution in [3.8, 4) is 0 Å². The Morgan fingerprint density at radius 1 is 1.37 bits per heavy atom. The van der Waals surface area contributed by atoms with E-state index in [4.69, 9.17) is 4.74 Å². The van der Waals surface area contributed by atoms with E-state index in [1.54, 1.807) is 0 Å². The van der Waals surface area contributed by atoms with Crippen LogP contribution in [0.2, 0.25) is 0 Å². The summed E-state index contributed by atoms with van der Waals surface area (Å²) in [5.41, 5.74) is 2.20. The SMILES string of the molecule is Cc1ccc(NC(=O)C(C)NCC2(C)COC2)cc1. The number of amides is 1. The van der Waals surface area contributed by atoms with Crippen molar-refractivity contribution in [3.63, 3.8) is 0 Å². The second-order valence-electron chi connectivity index (χ2n) is 5.76. The molecule has 19 heavy (non-hydrogen) atoms. The van der Waals surface area contributed by atoms with Crippen LogP contribution in [0, 0.1) is 12.3 Å². The molecule has 2 rings (SSSR count). The smallest absolute Gasteiger partial charge is 0.241 e. The fourth-order valence-electron chi connectivity index (χ4n) is 1.93. The van der Waals surface area contributed by atoms with E-state index in [0.717, 1.165) is 25.4 Å². The van der Waals surface area contributed by atoms with Gasteiger partial charge in [-0.15, -0.1) is 0 Å². The Balaban J connectivity index is 1.80. The average Bonchev–Trinajstić information content (AvgIpc) is 2.36. The fourth-order valence-corrected chi connectivity index (χ4v) is 1.93. The first-order valence-corrected chi connectivity index (χ1v) is 6.67. The van der Waals surface area contributed by atoms with Crippen LogP contribution in [0.5, 0.6) is 0 Å². The Morgan fingerprint density at radius 2 is 2.00 bits per heavy atom. The number of hydrogen-bond acceptors (Lipinski definition) is 3. The minimum atomic E-state index is -0.210. The Hall–Kier alpha value is -1.39. The number of carbonyl (C=O) groups is 1. The van der Waals surface area contributed by atoms with Crippen LogP contribution < -0.4 is 10.6 Å². The van der Waals surface area contributed by atoms with Crippen LogP contribution in [0.3, 0.4) is 0 Å². The van der Waals surface area contributed by atoms with E-state index in [1.165, 1.54) is 5.56 Å². The summed E-state index contributed by atoms with van der Waals surface area (Å²) in [6.07, 6.45) is 0. The van der Waals surface area contributed by atoms with E-state index < -0.39 is 0 Å². The summed E-state index contributed by atoms with van der Waals surface area (Å²) in [4.78, 5) is 12.0. The van der Waals surface area contributed by atoms with Crippen LogP contribution in [0.15, 0.2) is 24.3 Å². The predicted molar refractivity (Wildman–Crippen MR) is 76.2 cm³/mol. The number of rotatable bonds is 5.